The molecule has 1 heterocycles. The highest BCUT2D eigenvalue weighted by Crippen LogP contribution is 2.37. The summed E-state index contributed by atoms with van der Waals surface area (Å²) in [5.74, 6) is -0.656. The highest BCUT2D eigenvalue weighted by molar-refractivity contribution is 6.48. The van der Waals surface area contributed by atoms with Crippen molar-refractivity contribution in [1.82, 2.24) is 0 Å². The number of amides is 2. The van der Waals surface area contributed by atoms with Crippen molar-refractivity contribution >= 4 is 40.4 Å². The predicted molar refractivity (Wildman–Crippen MR) is 120 cm³/mol. The van der Waals surface area contributed by atoms with Gasteiger partial charge >= 0.3 is 0 Å². The standard InChI is InChI=1S/C24H18ClFN2O4/c1-31-19-12-11-16(13-20(19)32-2)27-22-21(14-7-9-15(26)10-8-14)23(29)28(24(22)30)18-6-4-3-5-17(18)25/h3-13,27H,1-2H3. The summed E-state index contributed by atoms with van der Waals surface area (Å²) in [5, 5.41) is 3.27. The number of benzene rings is 3. The molecule has 0 aromatic heterocycles. The first kappa shape index (κ1) is 21.4. The molecule has 162 valence electrons. The van der Waals surface area contributed by atoms with Crippen LogP contribution in [0.4, 0.5) is 15.8 Å². The number of ether oxygens (including phenoxy) is 2. The van der Waals surface area contributed by atoms with E-state index in [4.69, 9.17) is 21.1 Å². The zero-order valence-electron chi connectivity index (χ0n) is 17.2. The van der Waals surface area contributed by atoms with E-state index in [1.54, 1.807) is 42.5 Å². The Morgan fingerprint density at radius 2 is 1.56 bits per heavy atom. The molecule has 0 saturated carbocycles. The van der Waals surface area contributed by atoms with Crippen molar-refractivity contribution in [3.8, 4) is 11.5 Å². The number of carbonyl (C=O) groups excluding carboxylic acids is 2. The Hall–Kier alpha value is -3.84. The van der Waals surface area contributed by atoms with Crippen molar-refractivity contribution in [2.24, 2.45) is 0 Å². The topological polar surface area (TPSA) is 67.9 Å². The molecule has 3 aromatic carbocycles. The molecule has 0 fully saturated rings. The molecule has 0 bridgehead atoms. The fourth-order valence-electron chi connectivity index (χ4n) is 3.44. The number of hydrogen-bond acceptors (Lipinski definition) is 5. The number of anilines is 2. The summed E-state index contributed by atoms with van der Waals surface area (Å²) < 4.78 is 24.1. The molecule has 0 aliphatic carbocycles. The minimum Gasteiger partial charge on any atom is -0.493 e. The smallest absolute Gasteiger partial charge is 0.282 e. The third-order valence-corrected chi connectivity index (χ3v) is 5.28. The number of nitrogens with one attached hydrogen (secondary N) is 1. The van der Waals surface area contributed by atoms with E-state index < -0.39 is 17.6 Å². The Morgan fingerprint density at radius 3 is 2.22 bits per heavy atom. The first-order chi connectivity index (χ1) is 15.4. The van der Waals surface area contributed by atoms with Crippen LogP contribution in [0, 0.1) is 5.82 Å². The quantitative estimate of drug-likeness (QED) is 0.539. The Kier molecular flexibility index (Phi) is 5.83. The summed E-state index contributed by atoms with van der Waals surface area (Å²) in [6.07, 6.45) is 0. The number of methoxy groups -OCH3 is 2. The van der Waals surface area contributed by atoms with Gasteiger partial charge in [-0.25, -0.2) is 9.29 Å². The van der Waals surface area contributed by atoms with Gasteiger partial charge in [0.15, 0.2) is 11.5 Å². The van der Waals surface area contributed by atoms with Gasteiger partial charge in [-0.3, -0.25) is 9.59 Å². The summed E-state index contributed by atoms with van der Waals surface area (Å²) in [5.41, 5.74) is 1.29. The van der Waals surface area contributed by atoms with Crippen LogP contribution in [0.25, 0.3) is 5.57 Å². The molecule has 1 aliphatic rings. The summed E-state index contributed by atoms with van der Waals surface area (Å²) in [4.78, 5) is 27.8. The van der Waals surface area contributed by atoms with Gasteiger partial charge in [-0.1, -0.05) is 35.9 Å². The third kappa shape index (κ3) is 3.78. The van der Waals surface area contributed by atoms with Gasteiger partial charge in [0.1, 0.15) is 11.5 Å². The zero-order valence-corrected chi connectivity index (χ0v) is 17.9. The lowest BCUT2D eigenvalue weighted by molar-refractivity contribution is -0.120. The van der Waals surface area contributed by atoms with Crippen LogP contribution in [0.5, 0.6) is 11.5 Å². The first-order valence-electron chi connectivity index (χ1n) is 9.57. The lowest BCUT2D eigenvalue weighted by Gasteiger charge is -2.17. The molecular formula is C24H18ClFN2O4. The van der Waals surface area contributed by atoms with Crippen LogP contribution in [-0.2, 0) is 9.59 Å². The fraction of sp³-hybridized carbons (Fsp3) is 0.0833. The molecule has 0 atom stereocenters. The summed E-state index contributed by atoms with van der Waals surface area (Å²) >= 11 is 6.27. The van der Waals surface area contributed by atoms with Gasteiger partial charge in [-0.2, -0.15) is 0 Å². The van der Waals surface area contributed by atoms with Gasteiger partial charge in [0.2, 0.25) is 0 Å². The minimum absolute atomic E-state index is 0.0359. The minimum atomic E-state index is -0.586. The molecule has 0 spiro atoms. The van der Waals surface area contributed by atoms with E-state index in [9.17, 15) is 14.0 Å². The normalized spacial score (nSPS) is 13.6. The molecular weight excluding hydrogens is 435 g/mol. The van der Waals surface area contributed by atoms with Gasteiger partial charge in [0, 0.05) is 11.8 Å². The number of imide groups is 1. The van der Waals surface area contributed by atoms with Gasteiger partial charge in [0.25, 0.3) is 11.8 Å². The largest absolute Gasteiger partial charge is 0.493 e. The number of para-hydroxylation sites is 1. The molecule has 32 heavy (non-hydrogen) atoms. The van der Waals surface area contributed by atoms with Crippen molar-refractivity contribution in [2.75, 3.05) is 24.4 Å². The van der Waals surface area contributed by atoms with E-state index >= 15 is 0 Å². The number of halogens is 2. The average Bonchev–Trinajstić information content (AvgIpc) is 3.04. The Labute approximate surface area is 188 Å². The predicted octanol–water partition coefficient (Wildman–Crippen LogP) is 4.89. The van der Waals surface area contributed by atoms with Gasteiger partial charge in [-0.15, -0.1) is 0 Å². The van der Waals surface area contributed by atoms with E-state index in [0.717, 1.165) is 4.90 Å². The molecule has 2 amide bonds. The van der Waals surface area contributed by atoms with Gasteiger partial charge in [-0.05, 0) is 42.0 Å². The average molecular weight is 453 g/mol. The number of nitrogens with zero attached hydrogens (tertiary/aromatic N) is 1. The van der Waals surface area contributed by atoms with Crippen molar-refractivity contribution in [1.29, 1.82) is 0 Å². The van der Waals surface area contributed by atoms with Crippen LogP contribution in [-0.4, -0.2) is 26.0 Å². The Morgan fingerprint density at radius 1 is 0.875 bits per heavy atom. The van der Waals surface area contributed by atoms with E-state index in [1.165, 1.54) is 38.5 Å². The van der Waals surface area contributed by atoms with Gasteiger partial charge in [0.05, 0.1) is 30.5 Å². The Balaban J connectivity index is 1.83. The van der Waals surface area contributed by atoms with Crippen LogP contribution in [0.15, 0.2) is 72.4 Å². The van der Waals surface area contributed by atoms with E-state index in [0.29, 0.717) is 22.7 Å². The molecule has 4 rings (SSSR count). The van der Waals surface area contributed by atoms with Crippen LogP contribution in [0.2, 0.25) is 5.02 Å². The molecule has 0 radical (unpaired) electrons. The maximum atomic E-state index is 13.5. The molecule has 0 saturated heterocycles. The molecule has 3 aromatic rings. The molecule has 6 nitrogen and oxygen atoms in total. The fourth-order valence-corrected chi connectivity index (χ4v) is 3.66. The van der Waals surface area contributed by atoms with E-state index in [-0.39, 0.29) is 22.0 Å². The first-order valence-corrected chi connectivity index (χ1v) is 9.95. The van der Waals surface area contributed by atoms with Crippen LogP contribution < -0.4 is 19.7 Å². The SMILES string of the molecule is COc1ccc(NC2=C(c3ccc(F)cc3)C(=O)N(c3ccccc3Cl)C2=O)cc1OC. The second-order valence-corrected chi connectivity index (χ2v) is 7.26. The number of hydrogen-bond donors (Lipinski definition) is 1. The summed E-state index contributed by atoms with van der Waals surface area (Å²) in [6, 6.07) is 16.9. The monoisotopic (exact) mass is 452 g/mol. The van der Waals surface area contributed by atoms with Crippen molar-refractivity contribution < 1.29 is 23.5 Å². The summed E-state index contributed by atoms with van der Waals surface area (Å²) in [6.45, 7) is 0. The van der Waals surface area contributed by atoms with Crippen molar-refractivity contribution in [2.45, 2.75) is 0 Å². The van der Waals surface area contributed by atoms with E-state index in [1.807, 2.05) is 0 Å². The Bertz CT molecular complexity index is 1240. The molecule has 1 N–H and O–H groups in total. The zero-order chi connectivity index (χ0) is 22.8. The maximum Gasteiger partial charge on any atom is 0.282 e. The highest BCUT2D eigenvalue weighted by atomic mass is 35.5. The number of rotatable bonds is 6. The second-order valence-electron chi connectivity index (χ2n) is 6.85. The maximum absolute atomic E-state index is 13.5. The van der Waals surface area contributed by atoms with Gasteiger partial charge < -0.3 is 14.8 Å². The highest BCUT2D eigenvalue weighted by Gasteiger charge is 2.41. The molecule has 0 unspecified atom stereocenters. The summed E-state index contributed by atoms with van der Waals surface area (Å²) in [7, 11) is 3.01. The van der Waals surface area contributed by atoms with Crippen LogP contribution in [0.1, 0.15) is 5.56 Å². The number of carbonyl (C=O) groups is 2. The van der Waals surface area contributed by atoms with E-state index in [2.05, 4.69) is 5.32 Å². The lowest BCUT2D eigenvalue weighted by atomic mass is 10.0. The third-order valence-electron chi connectivity index (χ3n) is 4.96. The van der Waals surface area contributed by atoms with Crippen LogP contribution in [0.3, 0.4) is 0 Å². The van der Waals surface area contributed by atoms with Crippen molar-refractivity contribution in [3.63, 3.8) is 0 Å². The lowest BCUT2D eigenvalue weighted by Crippen LogP contribution is -2.32. The van der Waals surface area contributed by atoms with Crippen molar-refractivity contribution in [3.05, 3.63) is 88.8 Å². The second kappa shape index (κ2) is 8.72. The molecule has 1 aliphatic heterocycles. The molecule has 8 heteroatoms. The van der Waals surface area contributed by atoms with Crippen LogP contribution >= 0.6 is 11.6 Å².